The van der Waals surface area contributed by atoms with Crippen LogP contribution in [0.25, 0.3) is 0 Å². The summed E-state index contributed by atoms with van der Waals surface area (Å²) in [6.45, 7) is 0. The Morgan fingerprint density at radius 3 is 2.65 bits per heavy atom. The fourth-order valence-corrected chi connectivity index (χ4v) is 3.22. The maximum absolute atomic E-state index is 12.1. The van der Waals surface area contributed by atoms with E-state index in [1.165, 1.54) is 13.2 Å². The number of hydrogen-bond donors (Lipinski definition) is 2. The molecule has 1 aromatic rings. The Kier molecular flexibility index (Phi) is 3.33. The van der Waals surface area contributed by atoms with Crippen LogP contribution < -0.4 is 15.2 Å². The smallest absolute Gasteiger partial charge is 0.244 e. The van der Waals surface area contributed by atoms with Crippen LogP contribution in [-0.4, -0.2) is 21.6 Å². The Labute approximate surface area is 109 Å². The largest absolute Gasteiger partial charge is 0.495 e. The Hall–Kier alpha value is -0.790. The molecule has 0 spiro atoms. The minimum atomic E-state index is -3.55. The summed E-state index contributed by atoms with van der Waals surface area (Å²) in [6.07, 6.45) is 1.76. The van der Waals surface area contributed by atoms with Crippen LogP contribution in [0.15, 0.2) is 21.5 Å². The molecule has 1 fully saturated rings. The molecule has 0 heterocycles. The van der Waals surface area contributed by atoms with E-state index in [0.717, 1.165) is 12.8 Å². The second-order valence-electron chi connectivity index (χ2n) is 3.92. The number of nitrogen functional groups attached to an aromatic ring is 1. The van der Waals surface area contributed by atoms with Crippen molar-refractivity contribution in [2.75, 3.05) is 12.8 Å². The fraction of sp³-hybridized carbons (Fsp3) is 0.400. The number of sulfonamides is 1. The predicted molar refractivity (Wildman–Crippen MR) is 68.4 cm³/mol. The molecule has 1 aliphatic carbocycles. The number of halogens is 1. The summed E-state index contributed by atoms with van der Waals surface area (Å²) < 4.78 is 32.4. The molecule has 1 aromatic carbocycles. The van der Waals surface area contributed by atoms with E-state index in [1.807, 2.05) is 0 Å². The average molecular weight is 321 g/mol. The van der Waals surface area contributed by atoms with Crippen molar-refractivity contribution in [3.05, 3.63) is 16.6 Å². The summed E-state index contributed by atoms with van der Waals surface area (Å²) in [7, 11) is -2.13. The maximum atomic E-state index is 12.1. The zero-order valence-corrected chi connectivity index (χ0v) is 11.6. The summed E-state index contributed by atoms with van der Waals surface area (Å²) in [5.74, 6) is 0.277. The minimum absolute atomic E-state index is 0.0505. The first kappa shape index (κ1) is 12.7. The molecule has 0 unspecified atom stereocenters. The fourth-order valence-electron chi connectivity index (χ4n) is 1.40. The molecule has 0 radical (unpaired) electrons. The quantitative estimate of drug-likeness (QED) is 0.823. The SMILES string of the molecule is COc1cc(Br)c(N)cc1S(=O)(=O)NC1CC1. The van der Waals surface area contributed by atoms with Crippen LogP contribution in [0.2, 0.25) is 0 Å². The lowest BCUT2D eigenvalue weighted by Gasteiger charge is -2.12. The first-order valence-corrected chi connectivity index (χ1v) is 7.37. The lowest BCUT2D eigenvalue weighted by atomic mass is 10.3. The lowest BCUT2D eigenvalue weighted by Crippen LogP contribution is -2.26. The molecule has 3 N–H and O–H groups in total. The minimum Gasteiger partial charge on any atom is -0.495 e. The molecule has 0 saturated heterocycles. The van der Waals surface area contributed by atoms with E-state index in [1.54, 1.807) is 6.07 Å². The molecule has 1 aliphatic rings. The lowest BCUT2D eigenvalue weighted by molar-refractivity contribution is 0.402. The number of anilines is 1. The highest BCUT2D eigenvalue weighted by atomic mass is 79.9. The number of nitrogens with one attached hydrogen (secondary N) is 1. The van der Waals surface area contributed by atoms with Crippen molar-refractivity contribution in [3.8, 4) is 5.75 Å². The molecule has 17 heavy (non-hydrogen) atoms. The molecule has 0 aromatic heterocycles. The van der Waals surface area contributed by atoms with E-state index in [-0.39, 0.29) is 16.7 Å². The molecule has 0 aliphatic heterocycles. The van der Waals surface area contributed by atoms with Crippen molar-refractivity contribution in [2.24, 2.45) is 0 Å². The number of hydrogen-bond acceptors (Lipinski definition) is 4. The van der Waals surface area contributed by atoms with Gasteiger partial charge in [0.2, 0.25) is 10.0 Å². The summed E-state index contributed by atoms with van der Waals surface area (Å²) in [5, 5.41) is 0. The second-order valence-corrected chi connectivity index (χ2v) is 6.46. The van der Waals surface area contributed by atoms with Gasteiger partial charge in [0.15, 0.2) is 0 Å². The standard InChI is InChI=1S/C10H13BrN2O3S/c1-16-9-4-7(11)8(12)5-10(9)17(14,15)13-6-2-3-6/h4-6,13H,2-3,12H2,1H3. The van der Waals surface area contributed by atoms with E-state index < -0.39 is 10.0 Å². The first-order chi connectivity index (χ1) is 7.94. The molecular formula is C10H13BrN2O3S. The third-order valence-corrected chi connectivity index (χ3v) is 4.70. The highest BCUT2D eigenvalue weighted by Crippen LogP contribution is 2.33. The van der Waals surface area contributed by atoms with Gasteiger partial charge in [0.25, 0.3) is 0 Å². The molecule has 0 amide bonds. The van der Waals surface area contributed by atoms with Crippen LogP contribution >= 0.6 is 15.9 Å². The highest BCUT2D eigenvalue weighted by molar-refractivity contribution is 9.10. The van der Waals surface area contributed by atoms with Crippen molar-refractivity contribution in [1.29, 1.82) is 0 Å². The van der Waals surface area contributed by atoms with Gasteiger partial charge in [-0.1, -0.05) is 0 Å². The van der Waals surface area contributed by atoms with E-state index >= 15 is 0 Å². The van der Waals surface area contributed by atoms with Crippen LogP contribution in [-0.2, 0) is 10.0 Å². The Morgan fingerprint density at radius 1 is 1.47 bits per heavy atom. The van der Waals surface area contributed by atoms with Crippen molar-refractivity contribution >= 4 is 31.6 Å². The van der Waals surface area contributed by atoms with Crippen LogP contribution in [0.1, 0.15) is 12.8 Å². The Balaban J connectivity index is 2.45. The van der Waals surface area contributed by atoms with E-state index in [4.69, 9.17) is 10.5 Å². The third kappa shape index (κ3) is 2.72. The highest BCUT2D eigenvalue weighted by Gasteiger charge is 2.30. The molecule has 1 saturated carbocycles. The van der Waals surface area contributed by atoms with Crippen molar-refractivity contribution in [3.63, 3.8) is 0 Å². The van der Waals surface area contributed by atoms with Crippen LogP contribution in [0, 0.1) is 0 Å². The summed E-state index contributed by atoms with van der Waals surface area (Å²) in [4.78, 5) is 0.0765. The van der Waals surface area contributed by atoms with Crippen LogP contribution in [0.5, 0.6) is 5.75 Å². The number of methoxy groups -OCH3 is 1. The van der Waals surface area contributed by atoms with Gasteiger partial charge < -0.3 is 10.5 Å². The van der Waals surface area contributed by atoms with Gasteiger partial charge >= 0.3 is 0 Å². The van der Waals surface area contributed by atoms with Gasteiger partial charge in [-0.25, -0.2) is 13.1 Å². The molecule has 2 rings (SSSR count). The van der Waals surface area contributed by atoms with Gasteiger partial charge in [-0.3, -0.25) is 0 Å². The van der Waals surface area contributed by atoms with E-state index in [9.17, 15) is 8.42 Å². The number of ether oxygens (including phenoxy) is 1. The molecule has 94 valence electrons. The van der Waals surface area contributed by atoms with Crippen LogP contribution in [0.3, 0.4) is 0 Å². The zero-order chi connectivity index (χ0) is 12.6. The van der Waals surface area contributed by atoms with E-state index in [0.29, 0.717) is 10.2 Å². The van der Waals surface area contributed by atoms with E-state index in [2.05, 4.69) is 20.7 Å². The third-order valence-electron chi connectivity index (χ3n) is 2.47. The van der Waals surface area contributed by atoms with Gasteiger partial charge in [-0.05, 0) is 40.9 Å². The van der Waals surface area contributed by atoms with Gasteiger partial charge in [0.1, 0.15) is 10.6 Å². The number of nitrogens with two attached hydrogens (primary N) is 1. The molecular weight excluding hydrogens is 308 g/mol. The second kappa shape index (κ2) is 4.47. The van der Waals surface area contributed by atoms with Crippen molar-refractivity contribution in [1.82, 2.24) is 4.72 Å². The molecule has 7 heteroatoms. The topological polar surface area (TPSA) is 81.4 Å². The predicted octanol–water partition coefficient (Wildman–Crippen LogP) is 1.48. The molecule has 0 bridgehead atoms. The van der Waals surface area contributed by atoms with Gasteiger partial charge in [-0.2, -0.15) is 0 Å². The summed E-state index contributed by atoms with van der Waals surface area (Å²) in [6, 6.07) is 3.00. The van der Waals surface area contributed by atoms with Crippen molar-refractivity contribution in [2.45, 2.75) is 23.8 Å². The number of benzene rings is 1. The van der Waals surface area contributed by atoms with Gasteiger partial charge in [0, 0.05) is 16.2 Å². The zero-order valence-electron chi connectivity index (χ0n) is 9.23. The maximum Gasteiger partial charge on any atom is 0.244 e. The van der Waals surface area contributed by atoms with Crippen LogP contribution in [0.4, 0.5) is 5.69 Å². The normalized spacial score (nSPS) is 15.9. The monoisotopic (exact) mass is 320 g/mol. The molecule has 5 nitrogen and oxygen atoms in total. The Morgan fingerprint density at radius 2 is 2.12 bits per heavy atom. The number of rotatable bonds is 4. The molecule has 0 atom stereocenters. The summed E-state index contributed by atoms with van der Waals surface area (Å²) in [5.41, 5.74) is 6.06. The van der Waals surface area contributed by atoms with Gasteiger partial charge in [0.05, 0.1) is 7.11 Å². The first-order valence-electron chi connectivity index (χ1n) is 5.09. The van der Waals surface area contributed by atoms with Crippen molar-refractivity contribution < 1.29 is 13.2 Å². The summed E-state index contributed by atoms with van der Waals surface area (Å²) >= 11 is 3.23. The van der Waals surface area contributed by atoms with Gasteiger partial charge in [-0.15, -0.1) is 0 Å². The Bertz CT molecular complexity index is 541. The average Bonchev–Trinajstić information content (AvgIpc) is 3.04.